The number of aryl methyl sites for hydroxylation is 1. The maximum absolute atomic E-state index is 5.84. The van der Waals surface area contributed by atoms with E-state index >= 15 is 0 Å². The second-order valence-corrected chi connectivity index (χ2v) is 8.10. The second-order valence-electron chi connectivity index (χ2n) is 8.10. The SMILES string of the molecule is CCCCOC(CC)COCCCCCCCCCCCCc1ccccc1. The molecule has 0 aliphatic heterocycles. The lowest BCUT2D eigenvalue weighted by Crippen LogP contribution is -2.20. The molecule has 0 fully saturated rings. The molecule has 0 aliphatic rings. The van der Waals surface area contributed by atoms with Gasteiger partial charge in [-0.2, -0.15) is 0 Å². The van der Waals surface area contributed by atoms with Crippen LogP contribution in [0.1, 0.15) is 103 Å². The summed E-state index contributed by atoms with van der Waals surface area (Å²) in [6.07, 6.45) is 18.6. The van der Waals surface area contributed by atoms with Crippen molar-refractivity contribution in [3.05, 3.63) is 35.9 Å². The van der Waals surface area contributed by atoms with Crippen LogP contribution in [0.3, 0.4) is 0 Å². The van der Waals surface area contributed by atoms with Gasteiger partial charge in [0.15, 0.2) is 0 Å². The highest BCUT2D eigenvalue weighted by Gasteiger charge is 2.06. The standard InChI is InChI=1S/C26H46O2/c1-3-5-23-28-26(4-2)24-27-22-18-13-11-9-7-6-8-10-12-15-19-25-20-16-14-17-21-25/h14,16-17,20-21,26H,3-13,15,18-19,22-24H2,1-2H3. The first kappa shape index (κ1) is 25.2. The molecule has 0 N–H and O–H groups in total. The Morgan fingerprint density at radius 2 is 1.29 bits per heavy atom. The Hall–Kier alpha value is -0.860. The average Bonchev–Trinajstić information content (AvgIpc) is 2.73. The van der Waals surface area contributed by atoms with Crippen LogP contribution in [-0.4, -0.2) is 25.9 Å². The maximum atomic E-state index is 5.84. The molecule has 28 heavy (non-hydrogen) atoms. The van der Waals surface area contributed by atoms with Gasteiger partial charge in [-0.05, 0) is 37.7 Å². The van der Waals surface area contributed by atoms with E-state index in [1.165, 1.54) is 82.6 Å². The molecule has 2 nitrogen and oxygen atoms in total. The quantitative estimate of drug-likeness (QED) is 0.212. The molecule has 0 aliphatic carbocycles. The molecule has 1 unspecified atom stereocenters. The second kappa shape index (κ2) is 19.5. The van der Waals surface area contributed by atoms with Gasteiger partial charge in [-0.25, -0.2) is 0 Å². The Bertz CT molecular complexity index is 418. The summed E-state index contributed by atoms with van der Waals surface area (Å²) in [5.74, 6) is 0. The van der Waals surface area contributed by atoms with Gasteiger partial charge in [0, 0.05) is 13.2 Å². The third kappa shape index (κ3) is 15.1. The molecule has 0 radical (unpaired) electrons. The van der Waals surface area contributed by atoms with E-state index in [0.29, 0.717) is 6.10 Å². The number of unbranched alkanes of at least 4 members (excludes halogenated alkanes) is 10. The Kier molecular flexibility index (Phi) is 17.5. The minimum atomic E-state index is 0.291. The van der Waals surface area contributed by atoms with Gasteiger partial charge < -0.3 is 9.47 Å². The molecule has 0 aromatic heterocycles. The smallest absolute Gasteiger partial charge is 0.0805 e. The van der Waals surface area contributed by atoms with Gasteiger partial charge >= 0.3 is 0 Å². The highest BCUT2D eigenvalue weighted by Crippen LogP contribution is 2.12. The molecular formula is C26H46O2. The van der Waals surface area contributed by atoms with Crippen LogP contribution in [0.15, 0.2) is 30.3 Å². The van der Waals surface area contributed by atoms with E-state index in [-0.39, 0.29) is 0 Å². The van der Waals surface area contributed by atoms with Crippen molar-refractivity contribution in [2.24, 2.45) is 0 Å². The minimum Gasteiger partial charge on any atom is -0.379 e. The highest BCUT2D eigenvalue weighted by molar-refractivity contribution is 5.14. The molecular weight excluding hydrogens is 344 g/mol. The first-order valence-corrected chi connectivity index (χ1v) is 12.1. The topological polar surface area (TPSA) is 18.5 Å². The third-order valence-corrected chi connectivity index (χ3v) is 5.46. The summed E-state index contributed by atoms with van der Waals surface area (Å²) in [7, 11) is 0. The van der Waals surface area contributed by atoms with Crippen molar-refractivity contribution < 1.29 is 9.47 Å². The number of benzene rings is 1. The Balaban J connectivity index is 1.77. The summed E-state index contributed by atoms with van der Waals surface area (Å²) in [6, 6.07) is 10.9. The van der Waals surface area contributed by atoms with Crippen molar-refractivity contribution in [3.8, 4) is 0 Å². The van der Waals surface area contributed by atoms with Crippen LogP contribution in [0.25, 0.3) is 0 Å². The zero-order chi connectivity index (χ0) is 20.1. The molecule has 1 rings (SSSR count). The van der Waals surface area contributed by atoms with Crippen LogP contribution >= 0.6 is 0 Å². The molecule has 0 spiro atoms. The fraction of sp³-hybridized carbons (Fsp3) is 0.769. The number of hydrogen-bond acceptors (Lipinski definition) is 2. The largest absolute Gasteiger partial charge is 0.379 e. The highest BCUT2D eigenvalue weighted by atomic mass is 16.5. The summed E-state index contributed by atoms with van der Waals surface area (Å²) in [6.45, 7) is 6.93. The van der Waals surface area contributed by atoms with Crippen LogP contribution in [-0.2, 0) is 15.9 Å². The maximum Gasteiger partial charge on any atom is 0.0805 e. The van der Waals surface area contributed by atoms with Crippen LogP contribution < -0.4 is 0 Å². The van der Waals surface area contributed by atoms with E-state index in [9.17, 15) is 0 Å². The van der Waals surface area contributed by atoms with Crippen LogP contribution in [0.4, 0.5) is 0 Å². The molecule has 0 amide bonds. The lowest BCUT2D eigenvalue weighted by molar-refractivity contribution is -0.0197. The van der Waals surface area contributed by atoms with Gasteiger partial charge in [0.1, 0.15) is 0 Å². The van der Waals surface area contributed by atoms with E-state index < -0.39 is 0 Å². The normalized spacial score (nSPS) is 12.4. The van der Waals surface area contributed by atoms with Gasteiger partial charge in [0.2, 0.25) is 0 Å². The van der Waals surface area contributed by atoms with Crippen molar-refractivity contribution in [2.45, 2.75) is 110 Å². The zero-order valence-corrected chi connectivity index (χ0v) is 18.8. The van der Waals surface area contributed by atoms with Crippen LogP contribution in [0.5, 0.6) is 0 Å². The summed E-state index contributed by atoms with van der Waals surface area (Å²) in [5.41, 5.74) is 1.49. The molecule has 1 atom stereocenters. The fourth-order valence-electron chi connectivity index (χ4n) is 3.49. The molecule has 0 saturated heterocycles. The van der Waals surface area contributed by atoms with Crippen molar-refractivity contribution in [2.75, 3.05) is 19.8 Å². The summed E-state index contributed by atoms with van der Waals surface area (Å²) >= 11 is 0. The lowest BCUT2D eigenvalue weighted by atomic mass is 10.0. The van der Waals surface area contributed by atoms with Crippen molar-refractivity contribution >= 4 is 0 Å². The molecule has 1 aromatic carbocycles. The Labute approximate surface area is 175 Å². The minimum absolute atomic E-state index is 0.291. The molecule has 1 aromatic rings. The first-order valence-electron chi connectivity index (χ1n) is 12.1. The van der Waals surface area contributed by atoms with Gasteiger partial charge in [0.05, 0.1) is 12.7 Å². The van der Waals surface area contributed by atoms with Crippen molar-refractivity contribution in [1.82, 2.24) is 0 Å². The van der Waals surface area contributed by atoms with Gasteiger partial charge in [-0.3, -0.25) is 0 Å². The molecule has 0 bridgehead atoms. The van der Waals surface area contributed by atoms with Crippen LogP contribution in [0.2, 0.25) is 0 Å². The third-order valence-electron chi connectivity index (χ3n) is 5.46. The Morgan fingerprint density at radius 3 is 1.89 bits per heavy atom. The molecule has 0 saturated carbocycles. The number of hydrogen-bond donors (Lipinski definition) is 0. The van der Waals surface area contributed by atoms with E-state index in [0.717, 1.165) is 32.7 Å². The summed E-state index contributed by atoms with van der Waals surface area (Å²) in [5, 5.41) is 0. The van der Waals surface area contributed by atoms with Crippen molar-refractivity contribution in [1.29, 1.82) is 0 Å². The average molecular weight is 391 g/mol. The first-order chi connectivity index (χ1) is 13.9. The van der Waals surface area contributed by atoms with E-state index in [1.54, 1.807) is 0 Å². The lowest BCUT2D eigenvalue weighted by Gasteiger charge is -2.16. The number of ether oxygens (including phenoxy) is 2. The van der Waals surface area contributed by atoms with Crippen molar-refractivity contribution in [3.63, 3.8) is 0 Å². The summed E-state index contributed by atoms with van der Waals surface area (Å²) < 4.78 is 11.6. The zero-order valence-electron chi connectivity index (χ0n) is 18.8. The molecule has 162 valence electrons. The van der Waals surface area contributed by atoms with Crippen LogP contribution in [0, 0.1) is 0 Å². The molecule has 0 heterocycles. The summed E-state index contributed by atoms with van der Waals surface area (Å²) in [4.78, 5) is 0. The molecule has 2 heteroatoms. The fourth-order valence-corrected chi connectivity index (χ4v) is 3.49. The van der Waals surface area contributed by atoms with E-state index in [4.69, 9.17) is 9.47 Å². The van der Waals surface area contributed by atoms with Gasteiger partial charge in [-0.15, -0.1) is 0 Å². The number of rotatable bonds is 20. The Morgan fingerprint density at radius 1 is 0.679 bits per heavy atom. The predicted octanol–water partition coefficient (Wildman–Crippen LogP) is 7.74. The predicted molar refractivity (Wildman–Crippen MR) is 122 cm³/mol. The monoisotopic (exact) mass is 390 g/mol. The van der Waals surface area contributed by atoms with Gasteiger partial charge in [0.25, 0.3) is 0 Å². The van der Waals surface area contributed by atoms with E-state index in [2.05, 4.69) is 44.2 Å². The van der Waals surface area contributed by atoms with E-state index in [1.807, 2.05) is 0 Å². The van der Waals surface area contributed by atoms with Gasteiger partial charge in [-0.1, -0.05) is 102 Å².